The van der Waals surface area contributed by atoms with E-state index in [9.17, 15) is 19.7 Å². The van der Waals surface area contributed by atoms with Crippen LogP contribution in [0.5, 0.6) is 0 Å². The first-order chi connectivity index (χ1) is 17.0. The van der Waals surface area contributed by atoms with Gasteiger partial charge in [0.25, 0.3) is 11.6 Å². The number of rotatable bonds is 4. The maximum atomic E-state index is 13.9. The molecule has 35 heavy (non-hydrogen) atoms. The van der Waals surface area contributed by atoms with Gasteiger partial charge in [-0.1, -0.05) is 66.7 Å². The molecule has 2 fully saturated rings. The minimum atomic E-state index is -1.05. The third-order valence-electron chi connectivity index (χ3n) is 6.56. The lowest BCUT2D eigenvalue weighted by atomic mass is 9.90. The lowest BCUT2D eigenvalue weighted by Gasteiger charge is -2.29. The number of nitro groups is 1. The molecule has 0 N–H and O–H groups in total. The third kappa shape index (κ3) is 3.26. The Morgan fingerprint density at radius 3 is 2.31 bits per heavy atom. The third-order valence-corrected chi connectivity index (χ3v) is 6.56. The summed E-state index contributed by atoms with van der Waals surface area (Å²) in [6.07, 6.45) is -1.05. The fourth-order valence-electron chi connectivity index (χ4n) is 5.02. The van der Waals surface area contributed by atoms with Crippen LogP contribution in [0, 0.1) is 16.0 Å². The predicted octanol–water partition coefficient (Wildman–Crippen LogP) is 4.80. The van der Waals surface area contributed by atoms with E-state index in [2.05, 4.69) is 0 Å². The Kier molecular flexibility index (Phi) is 4.82. The fraction of sp³-hybridized carbons (Fsp3) is 0.111. The fourth-order valence-corrected chi connectivity index (χ4v) is 5.02. The topological polar surface area (TPSA) is 93.0 Å². The van der Waals surface area contributed by atoms with Crippen LogP contribution in [0.3, 0.4) is 0 Å². The van der Waals surface area contributed by atoms with Crippen LogP contribution in [0.4, 0.5) is 17.1 Å². The summed E-state index contributed by atoms with van der Waals surface area (Å²) in [4.78, 5) is 45.8. The van der Waals surface area contributed by atoms with Crippen LogP contribution >= 0.6 is 0 Å². The Bertz CT molecular complexity index is 1480. The van der Waals surface area contributed by atoms with Crippen molar-refractivity contribution < 1.29 is 19.3 Å². The summed E-state index contributed by atoms with van der Waals surface area (Å²) < 4.78 is 0. The van der Waals surface area contributed by atoms with Crippen molar-refractivity contribution in [2.75, 3.05) is 9.96 Å². The first-order valence-electron chi connectivity index (χ1n) is 11.2. The maximum absolute atomic E-state index is 13.9. The minimum Gasteiger partial charge on any atom is -0.273 e. The monoisotopic (exact) mass is 465 g/mol. The predicted molar refractivity (Wildman–Crippen MR) is 130 cm³/mol. The van der Waals surface area contributed by atoms with E-state index in [4.69, 9.17) is 4.84 Å². The number of hydrogen-bond donors (Lipinski definition) is 0. The van der Waals surface area contributed by atoms with E-state index < -0.39 is 34.8 Å². The standard InChI is InChI=1S/C27H19N3O5/c31-26-23-24(18-10-6-13-20(16-18)30(33)34)29(19-11-2-1-3-12-19)35-25(23)27(32)28(26)22-15-7-9-17-8-4-5-14-21(17)22/h1-16,23-25H/t23-,24+,25+/m0/s1. The highest BCUT2D eigenvalue weighted by Crippen LogP contribution is 2.48. The molecule has 2 aliphatic heterocycles. The average molecular weight is 465 g/mol. The number of carbonyl (C=O) groups is 2. The van der Waals surface area contributed by atoms with E-state index in [-0.39, 0.29) is 5.69 Å². The minimum absolute atomic E-state index is 0.0957. The summed E-state index contributed by atoms with van der Waals surface area (Å²) in [5.74, 6) is -1.72. The molecule has 2 aliphatic rings. The number of anilines is 2. The first-order valence-corrected chi connectivity index (χ1v) is 11.2. The molecule has 0 radical (unpaired) electrons. The Morgan fingerprint density at radius 2 is 1.51 bits per heavy atom. The number of amides is 2. The van der Waals surface area contributed by atoms with Gasteiger partial charge in [0, 0.05) is 17.5 Å². The molecule has 6 rings (SSSR count). The van der Waals surface area contributed by atoms with Crippen molar-refractivity contribution >= 4 is 39.6 Å². The molecule has 0 saturated carbocycles. The number of benzene rings is 4. The Balaban J connectivity index is 1.48. The summed E-state index contributed by atoms with van der Waals surface area (Å²) in [6, 6.07) is 27.5. The number of para-hydroxylation sites is 1. The number of nitrogens with zero attached hydrogens (tertiary/aromatic N) is 3. The van der Waals surface area contributed by atoms with Gasteiger partial charge in [-0.25, -0.2) is 9.96 Å². The molecule has 2 heterocycles. The molecule has 0 bridgehead atoms. The number of carbonyl (C=O) groups excluding carboxylic acids is 2. The van der Waals surface area contributed by atoms with Gasteiger partial charge >= 0.3 is 0 Å². The second kappa shape index (κ2) is 8.03. The average Bonchev–Trinajstić information content (AvgIpc) is 3.40. The zero-order chi connectivity index (χ0) is 24.1. The second-order valence-corrected chi connectivity index (χ2v) is 8.52. The quantitative estimate of drug-likeness (QED) is 0.244. The van der Waals surface area contributed by atoms with Gasteiger partial charge in [0.15, 0.2) is 6.10 Å². The molecule has 0 aliphatic carbocycles. The lowest BCUT2D eigenvalue weighted by Crippen LogP contribution is -2.37. The van der Waals surface area contributed by atoms with Crippen molar-refractivity contribution in [3.8, 4) is 0 Å². The molecule has 0 spiro atoms. The van der Waals surface area contributed by atoms with Gasteiger partial charge in [0.1, 0.15) is 5.92 Å². The van der Waals surface area contributed by atoms with Crippen LogP contribution in [-0.2, 0) is 14.4 Å². The molecule has 0 unspecified atom stereocenters. The summed E-state index contributed by atoms with van der Waals surface area (Å²) in [6.45, 7) is 0. The molecule has 2 amide bonds. The van der Waals surface area contributed by atoms with Crippen LogP contribution < -0.4 is 9.96 Å². The van der Waals surface area contributed by atoms with E-state index in [1.165, 1.54) is 22.1 Å². The number of nitro benzene ring substituents is 1. The highest BCUT2D eigenvalue weighted by Gasteiger charge is 2.60. The van der Waals surface area contributed by atoms with Gasteiger partial charge in [-0.3, -0.25) is 24.5 Å². The molecule has 2 saturated heterocycles. The molecular formula is C27H19N3O5. The Labute approximate surface area is 200 Å². The van der Waals surface area contributed by atoms with Crippen molar-refractivity contribution in [2.45, 2.75) is 12.1 Å². The van der Waals surface area contributed by atoms with E-state index in [1.807, 2.05) is 66.7 Å². The summed E-state index contributed by atoms with van der Waals surface area (Å²) in [5.41, 5.74) is 1.58. The van der Waals surface area contributed by atoms with Gasteiger partial charge in [-0.2, -0.15) is 0 Å². The van der Waals surface area contributed by atoms with Gasteiger partial charge in [0.05, 0.1) is 22.3 Å². The van der Waals surface area contributed by atoms with Crippen LogP contribution in [0.2, 0.25) is 0 Å². The second-order valence-electron chi connectivity index (χ2n) is 8.52. The Hall–Kier alpha value is -4.56. The van der Waals surface area contributed by atoms with E-state index in [1.54, 1.807) is 18.2 Å². The van der Waals surface area contributed by atoms with Gasteiger partial charge in [-0.05, 0) is 29.1 Å². The van der Waals surface area contributed by atoms with Gasteiger partial charge in [-0.15, -0.1) is 0 Å². The number of imide groups is 1. The number of non-ortho nitro benzene ring substituents is 1. The van der Waals surface area contributed by atoms with Crippen molar-refractivity contribution in [2.24, 2.45) is 5.92 Å². The number of fused-ring (bicyclic) bond motifs is 2. The number of hydroxylamine groups is 1. The zero-order valence-electron chi connectivity index (χ0n) is 18.4. The van der Waals surface area contributed by atoms with Crippen molar-refractivity contribution in [1.29, 1.82) is 0 Å². The van der Waals surface area contributed by atoms with Gasteiger partial charge in [0.2, 0.25) is 5.91 Å². The molecular weight excluding hydrogens is 446 g/mol. The van der Waals surface area contributed by atoms with E-state index >= 15 is 0 Å². The highest BCUT2D eigenvalue weighted by atomic mass is 16.7. The molecule has 4 aromatic rings. The normalized spacial score (nSPS) is 21.5. The zero-order valence-corrected chi connectivity index (χ0v) is 18.4. The van der Waals surface area contributed by atoms with Crippen molar-refractivity contribution in [1.82, 2.24) is 0 Å². The Morgan fingerprint density at radius 1 is 0.800 bits per heavy atom. The SMILES string of the molecule is O=C1[C@H]2[C@@H](c3cccc([N+](=O)[O-])c3)N(c3ccccc3)O[C@H]2C(=O)N1c1cccc2ccccc12. The van der Waals surface area contributed by atoms with E-state index in [0.717, 1.165) is 10.8 Å². The number of hydrogen-bond acceptors (Lipinski definition) is 6. The largest absolute Gasteiger partial charge is 0.273 e. The van der Waals surface area contributed by atoms with Crippen molar-refractivity contribution in [3.63, 3.8) is 0 Å². The van der Waals surface area contributed by atoms with Crippen LogP contribution in [0.25, 0.3) is 10.8 Å². The van der Waals surface area contributed by atoms with Crippen LogP contribution in [0.15, 0.2) is 97.1 Å². The summed E-state index contributed by atoms with van der Waals surface area (Å²) >= 11 is 0. The summed E-state index contributed by atoms with van der Waals surface area (Å²) in [7, 11) is 0. The molecule has 8 heteroatoms. The van der Waals surface area contributed by atoms with Crippen molar-refractivity contribution in [3.05, 3.63) is 113 Å². The molecule has 172 valence electrons. The molecule has 3 atom stereocenters. The summed E-state index contributed by atoms with van der Waals surface area (Å²) in [5, 5.41) is 14.7. The lowest BCUT2D eigenvalue weighted by molar-refractivity contribution is -0.384. The van der Waals surface area contributed by atoms with Gasteiger partial charge < -0.3 is 0 Å². The van der Waals surface area contributed by atoms with E-state index in [0.29, 0.717) is 16.9 Å². The maximum Gasteiger partial charge on any atom is 0.269 e. The van der Waals surface area contributed by atoms with Crippen LogP contribution in [0.1, 0.15) is 11.6 Å². The molecule has 8 nitrogen and oxygen atoms in total. The molecule has 0 aromatic heterocycles. The smallest absolute Gasteiger partial charge is 0.269 e. The first kappa shape index (κ1) is 21.0. The highest BCUT2D eigenvalue weighted by molar-refractivity contribution is 6.26. The van der Waals surface area contributed by atoms with Crippen LogP contribution in [-0.4, -0.2) is 22.8 Å². The molecule has 4 aromatic carbocycles.